The van der Waals surface area contributed by atoms with Gasteiger partial charge in [0.15, 0.2) is 23.0 Å². The average molecular weight is 570 g/mol. The highest BCUT2D eigenvalue weighted by atomic mass is 32.1. The number of aryl methyl sites for hydroxylation is 1. The monoisotopic (exact) mass is 569 g/mol. The number of halogens is 2. The number of carbonyl (C=O) groups excluding carboxylic acids is 1. The van der Waals surface area contributed by atoms with E-state index >= 15 is 4.39 Å². The lowest BCUT2D eigenvalue weighted by atomic mass is 9.72. The van der Waals surface area contributed by atoms with Gasteiger partial charge in [0.05, 0.1) is 11.6 Å². The predicted octanol–water partition coefficient (Wildman–Crippen LogP) is 4.62. The maximum absolute atomic E-state index is 15.3. The molecule has 1 amide bonds. The summed E-state index contributed by atoms with van der Waals surface area (Å²) in [4.78, 5) is 29.1. The van der Waals surface area contributed by atoms with E-state index < -0.39 is 40.3 Å². The highest BCUT2D eigenvalue weighted by Crippen LogP contribution is 2.47. The molecular formula is C29H29F2N3O5S. The van der Waals surface area contributed by atoms with E-state index in [0.29, 0.717) is 25.0 Å². The van der Waals surface area contributed by atoms with Gasteiger partial charge in [0.25, 0.3) is 5.91 Å². The molecule has 2 aliphatic heterocycles. The van der Waals surface area contributed by atoms with Gasteiger partial charge in [0, 0.05) is 42.2 Å². The van der Waals surface area contributed by atoms with Crippen LogP contribution in [0.15, 0.2) is 52.8 Å². The Hall–Kier alpha value is -3.70. The molecular weight excluding hydrogens is 540 g/mol. The molecule has 40 heavy (non-hydrogen) atoms. The molecule has 2 bridgehead atoms. The van der Waals surface area contributed by atoms with Gasteiger partial charge in [-0.15, -0.1) is 11.3 Å². The van der Waals surface area contributed by atoms with E-state index in [9.17, 15) is 19.1 Å². The molecule has 3 aliphatic rings. The first-order valence-corrected chi connectivity index (χ1v) is 14.1. The third-order valence-corrected chi connectivity index (χ3v) is 8.97. The van der Waals surface area contributed by atoms with Crippen LogP contribution in [0.3, 0.4) is 0 Å². The standard InChI is InChI=1S/C29H29F2N3O5S/c1-3-11-38-18-14-29(15-18)9-4-12-39-26-19(5-6-20(30)22(26)31)23(27-17(2)8-13-40-27)34-16-32(29)28(37)24-25(36)21(35)7-10-33(24)34/h4-10,13,18,23,36H,3,11-12,14-16H2,1-2H3/b9-4+. The number of fused-ring (bicyclic) bond motifs is 6. The second-order valence-corrected chi connectivity index (χ2v) is 11.4. The maximum Gasteiger partial charge on any atom is 0.278 e. The largest absolute Gasteiger partial charge is 0.502 e. The SMILES string of the molecule is CCCOC1CC2(/C=C/COc3c(ccc(F)c3F)C(c3sccc3C)N3CN2C(=O)c2c(O)c(=O)ccn23)C1. The van der Waals surface area contributed by atoms with Gasteiger partial charge < -0.3 is 19.5 Å². The number of hydrogen-bond acceptors (Lipinski definition) is 7. The zero-order chi connectivity index (χ0) is 28.2. The number of amides is 1. The first-order chi connectivity index (χ1) is 19.3. The van der Waals surface area contributed by atoms with E-state index in [-0.39, 0.29) is 30.8 Å². The normalized spacial score (nSPS) is 24.6. The first-order valence-electron chi connectivity index (χ1n) is 13.2. The van der Waals surface area contributed by atoms with Gasteiger partial charge >= 0.3 is 0 Å². The first kappa shape index (κ1) is 26.5. The second-order valence-electron chi connectivity index (χ2n) is 10.4. The summed E-state index contributed by atoms with van der Waals surface area (Å²) in [5.41, 5.74) is -0.414. The van der Waals surface area contributed by atoms with Crippen LogP contribution in [0.4, 0.5) is 8.78 Å². The summed E-state index contributed by atoms with van der Waals surface area (Å²) in [5.74, 6) is -3.55. The van der Waals surface area contributed by atoms with Crippen LogP contribution in [0.25, 0.3) is 0 Å². The Balaban J connectivity index is 1.60. The van der Waals surface area contributed by atoms with Crippen molar-refractivity contribution in [3.8, 4) is 11.5 Å². The van der Waals surface area contributed by atoms with Gasteiger partial charge in [0.1, 0.15) is 19.3 Å². The summed E-state index contributed by atoms with van der Waals surface area (Å²) in [5, 5.41) is 14.6. The quantitative estimate of drug-likeness (QED) is 0.462. The minimum atomic E-state index is -1.11. The van der Waals surface area contributed by atoms with Crippen LogP contribution in [0.1, 0.15) is 58.7 Å². The van der Waals surface area contributed by atoms with Gasteiger partial charge in [-0.05, 0) is 48.6 Å². The molecule has 1 aliphatic carbocycles. The molecule has 2 aromatic heterocycles. The lowest BCUT2D eigenvalue weighted by Gasteiger charge is -2.56. The van der Waals surface area contributed by atoms with Crippen molar-refractivity contribution in [2.45, 2.75) is 50.8 Å². The van der Waals surface area contributed by atoms with Crippen LogP contribution in [-0.4, -0.2) is 52.1 Å². The van der Waals surface area contributed by atoms with Crippen LogP contribution in [-0.2, 0) is 4.74 Å². The lowest BCUT2D eigenvalue weighted by Crippen LogP contribution is -2.67. The number of carbonyl (C=O) groups is 1. The third-order valence-electron chi connectivity index (χ3n) is 7.90. The average Bonchev–Trinajstić information content (AvgIpc) is 3.33. The fourth-order valence-electron chi connectivity index (χ4n) is 5.87. The maximum atomic E-state index is 15.3. The number of thiophene rings is 1. The van der Waals surface area contributed by atoms with Gasteiger partial charge in [-0.3, -0.25) is 19.3 Å². The molecule has 1 atom stereocenters. The Bertz CT molecular complexity index is 1560. The number of benzene rings is 1. The Morgan fingerprint density at radius 1 is 1.20 bits per heavy atom. The molecule has 11 heteroatoms. The third kappa shape index (κ3) is 4.10. The number of aromatic nitrogens is 1. The summed E-state index contributed by atoms with van der Waals surface area (Å²) in [6, 6.07) is 4.90. The fourth-order valence-corrected chi connectivity index (χ4v) is 6.92. The molecule has 1 spiro atoms. The zero-order valence-corrected chi connectivity index (χ0v) is 22.9. The van der Waals surface area contributed by atoms with Crippen molar-refractivity contribution in [1.82, 2.24) is 9.58 Å². The number of nitrogens with zero attached hydrogens (tertiary/aromatic N) is 3. The van der Waals surface area contributed by atoms with Crippen molar-refractivity contribution in [3.63, 3.8) is 0 Å². The molecule has 1 saturated carbocycles. The molecule has 6 rings (SSSR count). The molecule has 4 heterocycles. The summed E-state index contributed by atoms with van der Waals surface area (Å²) in [7, 11) is 0. The van der Waals surface area contributed by atoms with Crippen molar-refractivity contribution in [2.24, 2.45) is 0 Å². The summed E-state index contributed by atoms with van der Waals surface area (Å²) < 4.78 is 43.1. The predicted molar refractivity (Wildman–Crippen MR) is 146 cm³/mol. The van der Waals surface area contributed by atoms with Crippen LogP contribution in [0.5, 0.6) is 11.5 Å². The summed E-state index contributed by atoms with van der Waals surface area (Å²) in [6.45, 7) is 4.52. The van der Waals surface area contributed by atoms with Crippen LogP contribution in [0.2, 0.25) is 0 Å². The van der Waals surface area contributed by atoms with Crippen molar-refractivity contribution in [3.05, 3.63) is 91.6 Å². The Morgan fingerprint density at radius 2 is 2.00 bits per heavy atom. The molecule has 1 unspecified atom stereocenters. The Morgan fingerprint density at radius 3 is 2.73 bits per heavy atom. The number of pyridine rings is 1. The lowest BCUT2D eigenvalue weighted by molar-refractivity contribution is -0.0780. The van der Waals surface area contributed by atoms with Crippen molar-refractivity contribution >= 4 is 17.2 Å². The second kappa shape index (κ2) is 10.0. The van der Waals surface area contributed by atoms with E-state index in [1.54, 1.807) is 16.0 Å². The Kier molecular flexibility index (Phi) is 6.66. The topological polar surface area (TPSA) is 84.2 Å². The van der Waals surface area contributed by atoms with Crippen LogP contribution < -0.4 is 15.2 Å². The molecule has 0 saturated heterocycles. The number of rotatable bonds is 4. The molecule has 0 radical (unpaired) electrons. The molecule has 1 aromatic carbocycles. The fraction of sp³-hybridized carbons (Fsp3) is 0.379. The molecule has 1 fully saturated rings. The van der Waals surface area contributed by atoms with E-state index in [1.807, 2.05) is 31.4 Å². The van der Waals surface area contributed by atoms with Crippen molar-refractivity contribution < 1.29 is 28.2 Å². The van der Waals surface area contributed by atoms with E-state index in [1.165, 1.54) is 34.3 Å². The number of aromatic hydroxyl groups is 1. The minimum absolute atomic E-state index is 0.0411. The van der Waals surface area contributed by atoms with Crippen molar-refractivity contribution in [2.75, 3.05) is 24.9 Å². The number of ether oxygens (including phenoxy) is 2. The zero-order valence-electron chi connectivity index (χ0n) is 22.1. The highest BCUT2D eigenvalue weighted by Gasteiger charge is 2.53. The van der Waals surface area contributed by atoms with Gasteiger partial charge in [-0.1, -0.05) is 13.0 Å². The van der Waals surface area contributed by atoms with Crippen LogP contribution >= 0.6 is 11.3 Å². The Labute approximate surface area is 233 Å². The molecule has 1 N–H and O–H groups in total. The molecule has 3 aromatic rings. The summed E-state index contributed by atoms with van der Waals surface area (Å²) >= 11 is 1.43. The van der Waals surface area contributed by atoms with Gasteiger partial charge in [0.2, 0.25) is 11.2 Å². The molecule has 8 nitrogen and oxygen atoms in total. The molecule has 210 valence electrons. The smallest absolute Gasteiger partial charge is 0.278 e. The van der Waals surface area contributed by atoms with E-state index in [4.69, 9.17) is 9.47 Å². The van der Waals surface area contributed by atoms with Gasteiger partial charge in [-0.2, -0.15) is 4.39 Å². The van der Waals surface area contributed by atoms with E-state index in [2.05, 4.69) is 0 Å². The van der Waals surface area contributed by atoms with Crippen molar-refractivity contribution in [1.29, 1.82) is 0 Å². The highest BCUT2D eigenvalue weighted by molar-refractivity contribution is 7.10. The summed E-state index contributed by atoms with van der Waals surface area (Å²) in [6.07, 6.45) is 6.75. The van der Waals surface area contributed by atoms with Gasteiger partial charge in [-0.25, -0.2) is 4.39 Å². The minimum Gasteiger partial charge on any atom is -0.502 e. The van der Waals surface area contributed by atoms with Crippen LogP contribution in [0, 0.1) is 18.6 Å². The van der Waals surface area contributed by atoms with E-state index in [0.717, 1.165) is 22.9 Å². The number of hydrogen-bond donors (Lipinski definition) is 1.